The predicted molar refractivity (Wildman–Crippen MR) is 82.0 cm³/mol. The molecule has 5 nitrogen and oxygen atoms in total. The second kappa shape index (κ2) is 6.09. The molecule has 0 aliphatic rings. The van der Waals surface area contributed by atoms with Crippen LogP contribution in [0.1, 0.15) is 52.2 Å². The Morgan fingerprint density at radius 1 is 1.14 bits per heavy atom. The highest BCUT2D eigenvalue weighted by atomic mass is 31.2. The number of aromatic hydroxyl groups is 1. The van der Waals surface area contributed by atoms with Crippen LogP contribution in [-0.2, 0) is 21.1 Å². The molecular formula is C15H25O5P. The van der Waals surface area contributed by atoms with Crippen LogP contribution in [0, 0.1) is 5.41 Å². The first kappa shape index (κ1) is 18.2. The lowest BCUT2D eigenvalue weighted by Crippen LogP contribution is -2.24. The monoisotopic (exact) mass is 316 g/mol. The van der Waals surface area contributed by atoms with E-state index in [0.29, 0.717) is 5.56 Å². The predicted octanol–water partition coefficient (Wildman–Crippen LogP) is 3.72. The molecule has 0 heterocycles. The van der Waals surface area contributed by atoms with E-state index in [9.17, 15) is 9.67 Å². The van der Waals surface area contributed by atoms with E-state index in [4.69, 9.17) is 9.79 Å². The SMILES string of the molecule is CC(C)(C)CC(C)(C)c1ccc(O)c(COP(=O)(O)O)c1. The Bertz CT molecular complexity index is 539. The lowest BCUT2D eigenvalue weighted by atomic mass is 9.72. The number of phenolic OH excluding ortho intramolecular Hbond substituents is 1. The van der Waals surface area contributed by atoms with E-state index >= 15 is 0 Å². The second-order valence-electron chi connectivity index (χ2n) is 7.23. The van der Waals surface area contributed by atoms with Gasteiger partial charge in [0.15, 0.2) is 0 Å². The molecule has 1 aromatic rings. The van der Waals surface area contributed by atoms with Crippen molar-refractivity contribution < 1.29 is 24.0 Å². The van der Waals surface area contributed by atoms with Gasteiger partial charge in [0.25, 0.3) is 0 Å². The molecule has 0 bridgehead atoms. The third-order valence-electron chi connectivity index (χ3n) is 3.22. The lowest BCUT2D eigenvalue weighted by molar-refractivity contribution is 0.187. The minimum atomic E-state index is -4.55. The zero-order valence-electron chi connectivity index (χ0n) is 13.3. The smallest absolute Gasteiger partial charge is 0.469 e. The van der Waals surface area contributed by atoms with Gasteiger partial charge in [-0.1, -0.05) is 40.7 Å². The summed E-state index contributed by atoms with van der Waals surface area (Å²) in [4.78, 5) is 17.5. The van der Waals surface area contributed by atoms with Gasteiger partial charge in [0.1, 0.15) is 5.75 Å². The van der Waals surface area contributed by atoms with Gasteiger partial charge >= 0.3 is 7.82 Å². The van der Waals surface area contributed by atoms with Crippen molar-refractivity contribution in [2.24, 2.45) is 5.41 Å². The van der Waals surface area contributed by atoms with Crippen molar-refractivity contribution in [1.29, 1.82) is 0 Å². The first-order valence-corrected chi connectivity index (χ1v) is 8.36. The largest absolute Gasteiger partial charge is 0.508 e. The van der Waals surface area contributed by atoms with Crippen molar-refractivity contribution in [3.8, 4) is 5.75 Å². The van der Waals surface area contributed by atoms with Crippen LogP contribution in [-0.4, -0.2) is 14.9 Å². The van der Waals surface area contributed by atoms with E-state index in [1.54, 1.807) is 6.07 Å². The summed E-state index contributed by atoms with van der Waals surface area (Å²) in [6, 6.07) is 5.12. The maximum absolute atomic E-state index is 10.8. The van der Waals surface area contributed by atoms with Gasteiger partial charge in [0.2, 0.25) is 0 Å². The van der Waals surface area contributed by atoms with Gasteiger partial charge in [0, 0.05) is 5.56 Å². The van der Waals surface area contributed by atoms with Crippen LogP contribution < -0.4 is 0 Å². The van der Waals surface area contributed by atoms with Crippen LogP contribution in [0.2, 0.25) is 0 Å². The summed E-state index contributed by atoms with van der Waals surface area (Å²) in [7, 11) is -4.55. The van der Waals surface area contributed by atoms with Crippen LogP contribution in [0.3, 0.4) is 0 Å². The molecule has 1 aromatic carbocycles. The fourth-order valence-corrected chi connectivity index (χ4v) is 3.01. The number of benzene rings is 1. The average Bonchev–Trinajstić information content (AvgIpc) is 2.23. The molecule has 0 aliphatic carbocycles. The molecule has 0 atom stereocenters. The normalized spacial score (nSPS) is 13.5. The minimum Gasteiger partial charge on any atom is -0.508 e. The fraction of sp³-hybridized carbons (Fsp3) is 0.600. The van der Waals surface area contributed by atoms with E-state index in [2.05, 4.69) is 39.1 Å². The number of hydrogen-bond acceptors (Lipinski definition) is 3. The first-order valence-electron chi connectivity index (χ1n) is 6.83. The topological polar surface area (TPSA) is 87.0 Å². The molecule has 0 aromatic heterocycles. The second-order valence-corrected chi connectivity index (χ2v) is 8.47. The van der Waals surface area contributed by atoms with Crippen LogP contribution in [0.25, 0.3) is 0 Å². The van der Waals surface area contributed by atoms with Crippen molar-refractivity contribution in [2.75, 3.05) is 0 Å². The summed E-state index contributed by atoms with van der Waals surface area (Å²) >= 11 is 0. The summed E-state index contributed by atoms with van der Waals surface area (Å²) in [6.45, 7) is 10.4. The number of rotatable bonds is 5. The first-order chi connectivity index (χ1) is 9.30. The summed E-state index contributed by atoms with van der Waals surface area (Å²) in [5.41, 5.74) is 1.39. The maximum Gasteiger partial charge on any atom is 0.469 e. The highest BCUT2D eigenvalue weighted by molar-refractivity contribution is 7.46. The average molecular weight is 316 g/mol. The molecule has 0 radical (unpaired) electrons. The Morgan fingerprint density at radius 2 is 1.71 bits per heavy atom. The summed E-state index contributed by atoms with van der Waals surface area (Å²) in [5, 5.41) is 9.80. The Hall–Kier alpha value is -0.870. The van der Waals surface area contributed by atoms with Crippen LogP contribution in [0.15, 0.2) is 18.2 Å². The van der Waals surface area contributed by atoms with Gasteiger partial charge in [-0.15, -0.1) is 0 Å². The molecule has 1 rings (SSSR count). The Kier molecular flexibility index (Phi) is 5.27. The van der Waals surface area contributed by atoms with Gasteiger partial charge in [-0.2, -0.15) is 0 Å². The van der Waals surface area contributed by atoms with Gasteiger partial charge in [0.05, 0.1) is 6.61 Å². The van der Waals surface area contributed by atoms with Crippen LogP contribution in [0.4, 0.5) is 0 Å². The summed E-state index contributed by atoms with van der Waals surface area (Å²) in [6.07, 6.45) is 0.934. The maximum atomic E-state index is 10.8. The Labute approximate surface area is 126 Å². The van der Waals surface area contributed by atoms with E-state index in [-0.39, 0.29) is 23.2 Å². The summed E-state index contributed by atoms with van der Waals surface area (Å²) in [5.74, 6) is -0.0289. The van der Waals surface area contributed by atoms with E-state index in [1.807, 2.05) is 6.07 Å². The van der Waals surface area contributed by atoms with Crippen molar-refractivity contribution in [2.45, 2.75) is 53.1 Å². The van der Waals surface area contributed by atoms with Crippen molar-refractivity contribution in [3.63, 3.8) is 0 Å². The summed E-state index contributed by atoms with van der Waals surface area (Å²) < 4.78 is 15.2. The van der Waals surface area contributed by atoms with Crippen molar-refractivity contribution in [1.82, 2.24) is 0 Å². The molecule has 0 aliphatic heterocycles. The molecule has 0 saturated heterocycles. The molecule has 0 fully saturated rings. The number of phosphoric ester groups is 1. The lowest BCUT2D eigenvalue weighted by Gasteiger charge is -2.33. The number of hydrogen-bond donors (Lipinski definition) is 3. The van der Waals surface area contributed by atoms with Gasteiger partial charge in [-0.3, -0.25) is 4.52 Å². The van der Waals surface area contributed by atoms with Crippen molar-refractivity contribution >= 4 is 7.82 Å². The standard InChI is InChI=1S/C15H25O5P/c1-14(2,3)10-15(4,5)12-6-7-13(16)11(8-12)9-20-21(17,18)19/h6-8,16H,9-10H2,1-5H3,(H2,17,18,19). The van der Waals surface area contributed by atoms with Crippen molar-refractivity contribution in [3.05, 3.63) is 29.3 Å². The minimum absolute atomic E-state index is 0.0289. The van der Waals surface area contributed by atoms with Crippen LogP contribution in [0.5, 0.6) is 5.75 Å². The highest BCUT2D eigenvalue weighted by Crippen LogP contribution is 2.40. The van der Waals surface area contributed by atoms with Gasteiger partial charge in [-0.05, 0) is 34.9 Å². The molecular weight excluding hydrogens is 291 g/mol. The molecule has 0 unspecified atom stereocenters. The zero-order valence-corrected chi connectivity index (χ0v) is 14.1. The molecule has 6 heteroatoms. The quantitative estimate of drug-likeness (QED) is 0.721. The number of phosphoric acid groups is 1. The molecule has 0 saturated carbocycles. The third-order valence-corrected chi connectivity index (χ3v) is 3.69. The van der Waals surface area contributed by atoms with E-state index in [1.165, 1.54) is 6.07 Å². The Balaban J connectivity index is 3.03. The highest BCUT2D eigenvalue weighted by Gasteiger charge is 2.28. The molecule has 21 heavy (non-hydrogen) atoms. The number of phenols is 1. The molecule has 3 N–H and O–H groups in total. The molecule has 120 valence electrons. The van der Waals surface area contributed by atoms with Crippen LogP contribution >= 0.6 is 7.82 Å². The Morgan fingerprint density at radius 3 is 2.19 bits per heavy atom. The van der Waals surface area contributed by atoms with Gasteiger partial charge < -0.3 is 14.9 Å². The van der Waals surface area contributed by atoms with Gasteiger partial charge in [-0.25, -0.2) is 4.57 Å². The zero-order chi connectivity index (χ0) is 16.5. The van der Waals surface area contributed by atoms with E-state index < -0.39 is 7.82 Å². The molecule has 0 amide bonds. The van der Waals surface area contributed by atoms with E-state index in [0.717, 1.165) is 12.0 Å². The fourth-order valence-electron chi connectivity index (χ4n) is 2.70. The molecule has 0 spiro atoms. The third kappa shape index (κ3) is 6.18.